The normalized spacial score (nSPS) is 14.2. The van der Waals surface area contributed by atoms with E-state index in [1.54, 1.807) is 13.0 Å². The van der Waals surface area contributed by atoms with Gasteiger partial charge in [-0.05, 0) is 44.2 Å². The van der Waals surface area contributed by atoms with Gasteiger partial charge in [0.05, 0.1) is 0 Å². The minimum atomic E-state index is -0.212. The molecule has 0 spiro atoms. The molecule has 1 aliphatic rings. The Hall–Kier alpha value is -1.55. The monoisotopic (exact) mass is 274 g/mol. The maximum atomic E-state index is 13.6. The van der Waals surface area contributed by atoms with Crippen molar-refractivity contribution in [2.75, 3.05) is 0 Å². The largest absolute Gasteiger partial charge is 0.343 e. The second-order valence-electron chi connectivity index (χ2n) is 5.02. The summed E-state index contributed by atoms with van der Waals surface area (Å²) < 4.78 is 14.3. The molecule has 0 fully saturated rings. The molecule has 0 atom stereocenters. The zero-order valence-electron chi connectivity index (χ0n) is 10.8. The van der Waals surface area contributed by atoms with E-state index < -0.39 is 0 Å². The number of benzene rings is 1. The molecule has 1 aromatic carbocycles. The first-order valence-electron chi connectivity index (χ1n) is 6.54. The zero-order valence-corrected chi connectivity index (χ0v) is 11.6. The van der Waals surface area contributed by atoms with E-state index in [9.17, 15) is 4.39 Å². The Morgan fingerprint density at radius 2 is 2.05 bits per heavy atom. The lowest BCUT2D eigenvalue weighted by atomic mass is 9.97. The molecule has 0 bridgehead atoms. The van der Waals surface area contributed by atoms with Gasteiger partial charge in [-0.25, -0.2) is 9.37 Å². The van der Waals surface area contributed by atoms with Crippen molar-refractivity contribution in [2.24, 2.45) is 0 Å². The molecule has 0 unspecified atom stereocenters. The van der Waals surface area contributed by atoms with Crippen LogP contribution in [0.3, 0.4) is 0 Å². The van der Waals surface area contributed by atoms with Gasteiger partial charge in [0.15, 0.2) is 0 Å². The van der Waals surface area contributed by atoms with E-state index in [4.69, 9.17) is 12.2 Å². The standard InChI is InChI=1S/C15H15FN2S/c1-9-6-7-10(8-12(9)16)14-17-13-5-3-2-4-11(13)15(19)18-14/h6-8H,2-5H2,1H3,(H,17,18,19). The zero-order chi connectivity index (χ0) is 13.4. The minimum Gasteiger partial charge on any atom is -0.343 e. The van der Waals surface area contributed by atoms with Crippen LogP contribution in [0.2, 0.25) is 0 Å². The Morgan fingerprint density at radius 3 is 2.84 bits per heavy atom. The first kappa shape index (κ1) is 12.5. The van der Waals surface area contributed by atoms with Crippen LogP contribution in [0, 0.1) is 17.4 Å². The van der Waals surface area contributed by atoms with Crippen LogP contribution in [0.4, 0.5) is 4.39 Å². The average Bonchev–Trinajstić information content (AvgIpc) is 2.42. The Bertz CT molecular complexity index is 691. The highest BCUT2D eigenvalue weighted by molar-refractivity contribution is 7.71. The van der Waals surface area contributed by atoms with Gasteiger partial charge < -0.3 is 4.98 Å². The van der Waals surface area contributed by atoms with Crippen LogP contribution >= 0.6 is 12.2 Å². The molecule has 1 N–H and O–H groups in total. The number of H-pyrrole nitrogens is 1. The van der Waals surface area contributed by atoms with Crippen molar-refractivity contribution < 1.29 is 4.39 Å². The molecule has 19 heavy (non-hydrogen) atoms. The van der Waals surface area contributed by atoms with Crippen molar-refractivity contribution in [2.45, 2.75) is 32.6 Å². The molecule has 0 radical (unpaired) electrons. The van der Waals surface area contributed by atoms with Crippen molar-refractivity contribution >= 4 is 12.2 Å². The molecule has 2 nitrogen and oxygen atoms in total. The highest BCUT2D eigenvalue weighted by atomic mass is 32.1. The summed E-state index contributed by atoms with van der Waals surface area (Å²) in [4.78, 5) is 7.74. The predicted molar refractivity (Wildman–Crippen MR) is 76.2 cm³/mol. The molecule has 1 aromatic heterocycles. The van der Waals surface area contributed by atoms with Crippen molar-refractivity contribution in [3.8, 4) is 11.4 Å². The number of halogens is 1. The molecule has 2 aromatic rings. The summed E-state index contributed by atoms with van der Waals surface area (Å²) in [6.07, 6.45) is 4.34. The van der Waals surface area contributed by atoms with E-state index in [0.29, 0.717) is 16.0 Å². The van der Waals surface area contributed by atoms with Crippen molar-refractivity contribution in [1.29, 1.82) is 0 Å². The van der Waals surface area contributed by atoms with E-state index >= 15 is 0 Å². The summed E-state index contributed by atoms with van der Waals surface area (Å²) >= 11 is 5.36. The van der Waals surface area contributed by atoms with E-state index in [1.165, 1.54) is 24.6 Å². The first-order chi connectivity index (χ1) is 9.15. The number of nitrogens with one attached hydrogen (secondary N) is 1. The molecule has 3 rings (SSSR count). The number of aromatic nitrogens is 2. The summed E-state index contributed by atoms with van der Waals surface area (Å²) in [5.74, 6) is 0.459. The lowest BCUT2D eigenvalue weighted by Gasteiger charge is -2.16. The number of fused-ring (bicyclic) bond motifs is 1. The second kappa shape index (κ2) is 4.85. The third-order valence-electron chi connectivity index (χ3n) is 3.65. The predicted octanol–water partition coefficient (Wildman–Crippen LogP) is 4.13. The van der Waals surface area contributed by atoms with Crippen LogP contribution in [-0.4, -0.2) is 9.97 Å². The fraction of sp³-hybridized carbons (Fsp3) is 0.333. The van der Waals surface area contributed by atoms with Crippen LogP contribution in [0.15, 0.2) is 18.2 Å². The van der Waals surface area contributed by atoms with E-state index in [1.807, 2.05) is 6.07 Å². The third kappa shape index (κ3) is 2.32. The van der Waals surface area contributed by atoms with Crippen LogP contribution in [-0.2, 0) is 12.8 Å². The Labute approximate surface area is 116 Å². The third-order valence-corrected chi connectivity index (χ3v) is 3.99. The van der Waals surface area contributed by atoms with Gasteiger partial charge in [0, 0.05) is 16.8 Å². The maximum Gasteiger partial charge on any atom is 0.139 e. The number of hydrogen-bond donors (Lipinski definition) is 1. The lowest BCUT2D eigenvalue weighted by Crippen LogP contribution is -2.08. The summed E-state index contributed by atoms with van der Waals surface area (Å²) in [6.45, 7) is 1.75. The highest BCUT2D eigenvalue weighted by Crippen LogP contribution is 2.24. The molecule has 0 saturated heterocycles. The molecular weight excluding hydrogens is 259 g/mol. The number of aromatic amines is 1. The van der Waals surface area contributed by atoms with Gasteiger partial charge in [0.2, 0.25) is 0 Å². The van der Waals surface area contributed by atoms with Crippen LogP contribution in [0.5, 0.6) is 0 Å². The Balaban J connectivity index is 2.12. The highest BCUT2D eigenvalue weighted by Gasteiger charge is 2.14. The lowest BCUT2D eigenvalue weighted by molar-refractivity contribution is 0.618. The van der Waals surface area contributed by atoms with Crippen LogP contribution in [0.25, 0.3) is 11.4 Å². The van der Waals surface area contributed by atoms with E-state index in [2.05, 4.69) is 9.97 Å². The Morgan fingerprint density at radius 1 is 1.26 bits per heavy atom. The number of nitrogens with zero attached hydrogens (tertiary/aromatic N) is 1. The molecule has 0 saturated carbocycles. The van der Waals surface area contributed by atoms with Crippen LogP contribution in [0.1, 0.15) is 29.7 Å². The topological polar surface area (TPSA) is 28.7 Å². The molecule has 4 heteroatoms. The number of rotatable bonds is 1. The van der Waals surface area contributed by atoms with E-state index in [-0.39, 0.29) is 5.82 Å². The second-order valence-corrected chi connectivity index (χ2v) is 5.41. The fourth-order valence-corrected chi connectivity index (χ4v) is 2.81. The molecular formula is C15H15FN2S. The van der Waals surface area contributed by atoms with E-state index in [0.717, 1.165) is 24.0 Å². The van der Waals surface area contributed by atoms with Crippen LogP contribution < -0.4 is 0 Å². The van der Waals surface area contributed by atoms with Crippen molar-refractivity contribution in [3.05, 3.63) is 45.5 Å². The molecule has 1 heterocycles. The summed E-state index contributed by atoms with van der Waals surface area (Å²) in [5.41, 5.74) is 3.72. The van der Waals surface area contributed by atoms with Crippen molar-refractivity contribution in [3.63, 3.8) is 0 Å². The van der Waals surface area contributed by atoms with Gasteiger partial charge >= 0.3 is 0 Å². The molecule has 98 valence electrons. The molecule has 0 amide bonds. The van der Waals surface area contributed by atoms with Gasteiger partial charge in [-0.3, -0.25) is 0 Å². The molecule has 1 aliphatic carbocycles. The SMILES string of the molecule is Cc1ccc(-c2nc(=S)c3c([nH]2)CCCC3)cc1F. The van der Waals surface area contributed by atoms with Gasteiger partial charge in [-0.2, -0.15) is 0 Å². The fourth-order valence-electron chi connectivity index (χ4n) is 2.50. The molecule has 0 aliphatic heterocycles. The van der Waals surface area contributed by atoms with Gasteiger partial charge in [-0.15, -0.1) is 0 Å². The maximum absolute atomic E-state index is 13.6. The van der Waals surface area contributed by atoms with Gasteiger partial charge in [0.1, 0.15) is 16.3 Å². The Kier molecular flexibility index (Phi) is 3.19. The summed E-state index contributed by atoms with van der Waals surface area (Å²) in [7, 11) is 0. The summed E-state index contributed by atoms with van der Waals surface area (Å²) in [6, 6.07) is 5.15. The number of hydrogen-bond acceptors (Lipinski definition) is 2. The average molecular weight is 274 g/mol. The number of aryl methyl sites for hydroxylation is 2. The minimum absolute atomic E-state index is 0.212. The van der Waals surface area contributed by atoms with Gasteiger partial charge in [0.25, 0.3) is 0 Å². The van der Waals surface area contributed by atoms with Gasteiger partial charge in [-0.1, -0.05) is 24.4 Å². The first-order valence-corrected chi connectivity index (χ1v) is 6.94. The van der Waals surface area contributed by atoms with Crippen molar-refractivity contribution in [1.82, 2.24) is 9.97 Å². The summed E-state index contributed by atoms with van der Waals surface area (Å²) in [5, 5.41) is 0. The smallest absolute Gasteiger partial charge is 0.139 e. The quantitative estimate of drug-likeness (QED) is 0.792.